The highest BCUT2D eigenvalue weighted by atomic mass is 19.3. The van der Waals surface area contributed by atoms with E-state index in [1.807, 2.05) is 6.07 Å². The molecule has 2 saturated carbocycles. The second kappa shape index (κ2) is 11.8. The Balaban J connectivity index is 1.13. The minimum Gasteiger partial charge on any atom is -0.348 e. The molecule has 0 unspecified atom stereocenters. The van der Waals surface area contributed by atoms with Crippen LogP contribution in [0.3, 0.4) is 0 Å². The standard InChI is InChI=1S/C30H34F6O3/c1-17-2-7-22(8-3-17)30(35,36)39-23-9-4-18(5-10-23)19-6-11-24(25(31)12-19)21-15-37-29(38-16-21)20-13-26(32)28(34)27(33)14-20/h6,11-14,17-18,21-23,29H,2-5,7-10,15-16H2,1H3. The normalized spacial score (nSPS) is 30.3. The van der Waals surface area contributed by atoms with Crippen LogP contribution in [0.5, 0.6) is 0 Å². The van der Waals surface area contributed by atoms with Crippen LogP contribution < -0.4 is 0 Å². The minimum absolute atomic E-state index is 0.00588. The molecule has 2 aromatic carbocycles. The Hall–Kier alpha value is -2.10. The third-order valence-electron chi connectivity index (χ3n) is 8.60. The lowest BCUT2D eigenvalue weighted by atomic mass is 9.81. The number of hydrogen-bond acceptors (Lipinski definition) is 3. The molecule has 3 nitrogen and oxygen atoms in total. The molecular weight excluding hydrogens is 522 g/mol. The average molecular weight is 557 g/mol. The van der Waals surface area contributed by atoms with Crippen molar-refractivity contribution in [3.63, 3.8) is 0 Å². The van der Waals surface area contributed by atoms with Crippen LogP contribution in [0.25, 0.3) is 0 Å². The van der Waals surface area contributed by atoms with Crippen molar-refractivity contribution in [2.24, 2.45) is 11.8 Å². The Morgan fingerprint density at radius 2 is 1.31 bits per heavy atom. The van der Waals surface area contributed by atoms with Crippen molar-refractivity contribution in [1.82, 2.24) is 0 Å². The fourth-order valence-corrected chi connectivity index (χ4v) is 6.14. The molecule has 0 aromatic heterocycles. The Morgan fingerprint density at radius 3 is 1.90 bits per heavy atom. The molecular formula is C30H34F6O3. The van der Waals surface area contributed by atoms with Crippen molar-refractivity contribution in [2.75, 3.05) is 13.2 Å². The fourth-order valence-electron chi connectivity index (χ4n) is 6.14. The van der Waals surface area contributed by atoms with Gasteiger partial charge >= 0.3 is 6.11 Å². The van der Waals surface area contributed by atoms with Gasteiger partial charge in [0.2, 0.25) is 0 Å². The van der Waals surface area contributed by atoms with Gasteiger partial charge in [0, 0.05) is 11.5 Å². The van der Waals surface area contributed by atoms with E-state index >= 15 is 4.39 Å². The summed E-state index contributed by atoms with van der Waals surface area (Å²) in [7, 11) is 0. The van der Waals surface area contributed by atoms with E-state index in [-0.39, 0.29) is 24.7 Å². The van der Waals surface area contributed by atoms with Gasteiger partial charge < -0.3 is 14.2 Å². The first-order valence-electron chi connectivity index (χ1n) is 13.8. The third-order valence-corrected chi connectivity index (χ3v) is 8.60. The molecule has 214 valence electrons. The van der Waals surface area contributed by atoms with E-state index < -0.39 is 53.6 Å². The van der Waals surface area contributed by atoms with Crippen LogP contribution in [0.2, 0.25) is 0 Å². The molecule has 0 radical (unpaired) electrons. The van der Waals surface area contributed by atoms with E-state index in [1.54, 1.807) is 6.07 Å². The smallest absolute Gasteiger partial charge is 0.348 e. The highest BCUT2D eigenvalue weighted by Crippen LogP contribution is 2.43. The largest absolute Gasteiger partial charge is 0.358 e. The zero-order valence-electron chi connectivity index (χ0n) is 21.9. The summed E-state index contributed by atoms with van der Waals surface area (Å²) in [5, 5.41) is 0. The molecule has 3 fully saturated rings. The Morgan fingerprint density at radius 1 is 0.718 bits per heavy atom. The lowest BCUT2D eigenvalue weighted by molar-refractivity contribution is -0.301. The number of ether oxygens (including phenoxy) is 3. The van der Waals surface area contributed by atoms with Crippen LogP contribution in [-0.2, 0) is 14.2 Å². The van der Waals surface area contributed by atoms with Crippen molar-refractivity contribution < 1.29 is 40.6 Å². The molecule has 9 heteroatoms. The summed E-state index contributed by atoms with van der Waals surface area (Å²) in [4.78, 5) is 0. The predicted molar refractivity (Wildman–Crippen MR) is 132 cm³/mol. The molecule has 1 heterocycles. The summed E-state index contributed by atoms with van der Waals surface area (Å²) >= 11 is 0. The first kappa shape index (κ1) is 28.4. The highest BCUT2D eigenvalue weighted by molar-refractivity contribution is 5.30. The third kappa shape index (κ3) is 6.46. The minimum atomic E-state index is -3.10. The SMILES string of the molecule is CC1CCC(C(F)(F)OC2CCC(c3ccc(C4COC(c5cc(F)c(F)c(F)c5)OC4)c(F)c3)CC2)CC1. The Labute approximate surface area is 224 Å². The van der Waals surface area contributed by atoms with E-state index in [9.17, 15) is 22.0 Å². The van der Waals surface area contributed by atoms with Gasteiger partial charge in [-0.15, -0.1) is 0 Å². The molecule has 1 saturated heterocycles. The summed E-state index contributed by atoms with van der Waals surface area (Å²) < 4.78 is 101. The van der Waals surface area contributed by atoms with Crippen molar-refractivity contribution in [3.05, 3.63) is 70.3 Å². The van der Waals surface area contributed by atoms with Crippen molar-refractivity contribution in [2.45, 2.75) is 88.6 Å². The molecule has 3 aliphatic rings. The van der Waals surface area contributed by atoms with Crippen LogP contribution in [0.1, 0.15) is 93.1 Å². The highest BCUT2D eigenvalue weighted by Gasteiger charge is 2.44. The number of alkyl halides is 2. The number of rotatable bonds is 6. The summed E-state index contributed by atoms with van der Waals surface area (Å²) in [5.74, 6) is -5.25. The quantitative estimate of drug-likeness (QED) is 0.264. The fraction of sp³-hybridized carbons (Fsp3) is 0.600. The number of benzene rings is 2. The van der Waals surface area contributed by atoms with Gasteiger partial charge in [0.05, 0.1) is 25.2 Å². The molecule has 5 rings (SSSR count). The predicted octanol–water partition coefficient (Wildman–Crippen LogP) is 8.53. The molecule has 0 N–H and O–H groups in total. The van der Waals surface area contributed by atoms with Gasteiger partial charge in [0.15, 0.2) is 23.7 Å². The van der Waals surface area contributed by atoms with Crippen LogP contribution in [0.15, 0.2) is 30.3 Å². The molecule has 0 bridgehead atoms. The second-order valence-corrected chi connectivity index (χ2v) is 11.4. The van der Waals surface area contributed by atoms with Crippen molar-refractivity contribution in [3.8, 4) is 0 Å². The maximum atomic E-state index is 15.1. The first-order valence-corrected chi connectivity index (χ1v) is 13.8. The van der Waals surface area contributed by atoms with Crippen molar-refractivity contribution >= 4 is 0 Å². The lowest BCUT2D eigenvalue weighted by Gasteiger charge is -2.36. The Bertz CT molecular complexity index is 1110. The number of hydrogen-bond donors (Lipinski definition) is 0. The molecule has 0 atom stereocenters. The molecule has 2 aliphatic carbocycles. The maximum Gasteiger partial charge on any atom is 0.358 e. The molecule has 2 aromatic rings. The van der Waals surface area contributed by atoms with Crippen LogP contribution >= 0.6 is 0 Å². The molecule has 1 aliphatic heterocycles. The first-order chi connectivity index (χ1) is 18.6. The second-order valence-electron chi connectivity index (χ2n) is 11.4. The van der Waals surface area contributed by atoms with Gasteiger partial charge in [-0.1, -0.05) is 31.9 Å². The van der Waals surface area contributed by atoms with Gasteiger partial charge in [-0.3, -0.25) is 0 Å². The van der Waals surface area contributed by atoms with Gasteiger partial charge in [-0.25, -0.2) is 17.6 Å². The topological polar surface area (TPSA) is 27.7 Å². The van der Waals surface area contributed by atoms with E-state index in [2.05, 4.69) is 6.92 Å². The summed E-state index contributed by atoms with van der Waals surface area (Å²) in [6.07, 6.45) is 0.225. The van der Waals surface area contributed by atoms with E-state index in [1.165, 1.54) is 6.07 Å². The monoisotopic (exact) mass is 556 g/mol. The molecule has 0 amide bonds. The van der Waals surface area contributed by atoms with Gasteiger partial charge in [0.25, 0.3) is 0 Å². The van der Waals surface area contributed by atoms with Gasteiger partial charge in [-0.2, -0.15) is 8.78 Å². The van der Waals surface area contributed by atoms with Gasteiger partial charge in [0.1, 0.15) is 5.82 Å². The summed E-state index contributed by atoms with van der Waals surface area (Å²) in [6, 6.07) is 6.64. The summed E-state index contributed by atoms with van der Waals surface area (Å²) in [6.45, 7) is 2.21. The van der Waals surface area contributed by atoms with Crippen LogP contribution in [-0.4, -0.2) is 25.4 Å². The summed E-state index contributed by atoms with van der Waals surface area (Å²) in [5.41, 5.74) is 1.22. The van der Waals surface area contributed by atoms with Crippen LogP contribution in [0.4, 0.5) is 26.3 Å². The molecule has 0 spiro atoms. The van der Waals surface area contributed by atoms with E-state index in [0.29, 0.717) is 50.0 Å². The average Bonchev–Trinajstić information content (AvgIpc) is 2.92. The Kier molecular flexibility index (Phi) is 8.59. The zero-order valence-corrected chi connectivity index (χ0v) is 21.9. The maximum absolute atomic E-state index is 15.1. The van der Waals surface area contributed by atoms with Crippen LogP contribution in [0, 0.1) is 35.1 Å². The number of halogens is 6. The van der Waals surface area contributed by atoms with Crippen molar-refractivity contribution in [1.29, 1.82) is 0 Å². The zero-order chi connectivity index (χ0) is 27.7. The van der Waals surface area contributed by atoms with E-state index in [4.69, 9.17) is 14.2 Å². The van der Waals surface area contributed by atoms with E-state index in [0.717, 1.165) is 30.5 Å². The lowest BCUT2D eigenvalue weighted by Crippen LogP contribution is -2.38. The van der Waals surface area contributed by atoms with Gasteiger partial charge in [-0.05, 0) is 79.7 Å². The molecule has 39 heavy (non-hydrogen) atoms.